The molecule has 0 aliphatic heterocycles. The highest BCUT2D eigenvalue weighted by Gasteiger charge is 2.19. The molecule has 4 rings (SSSR count). The van der Waals surface area contributed by atoms with Crippen LogP contribution in [0.1, 0.15) is 25.7 Å². The van der Waals surface area contributed by atoms with Crippen LogP contribution in [0.25, 0.3) is 22.4 Å². The van der Waals surface area contributed by atoms with Crippen LogP contribution in [0, 0.1) is 0 Å². The minimum atomic E-state index is -2.65. The van der Waals surface area contributed by atoms with Crippen molar-refractivity contribution in [3.63, 3.8) is 0 Å². The first kappa shape index (κ1) is 18.5. The fourth-order valence-corrected chi connectivity index (χ4v) is 3.97. The number of benzene rings is 1. The number of thioether (sulfide) groups is 1. The van der Waals surface area contributed by atoms with E-state index in [0.717, 1.165) is 28.9 Å². The maximum Gasteiger partial charge on any atom is 0.320 e. The van der Waals surface area contributed by atoms with Crippen molar-refractivity contribution < 1.29 is 8.78 Å². The average molecular weight is 400 g/mol. The minimum absolute atomic E-state index is 0.275. The number of fused-ring (bicyclic) bond motifs is 1. The molecule has 0 N–H and O–H groups in total. The maximum absolute atomic E-state index is 13.6. The Morgan fingerprint density at radius 2 is 1.86 bits per heavy atom. The fourth-order valence-electron chi connectivity index (χ4n) is 3.08. The highest BCUT2D eigenvalue weighted by atomic mass is 32.2. The molecule has 1 aromatic carbocycles. The Morgan fingerprint density at radius 1 is 1.07 bits per heavy atom. The molecule has 3 aromatic heterocycles. The normalized spacial score (nSPS) is 11.6. The summed E-state index contributed by atoms with van der Waals surface area (Å²) in [5.74, 6) is 1.34. The lowest BCUT2D eigenvalue weighted by atomic mass is 10.2. The predicted octanol–water partition coefficient (Wildman–Crippen LogP) is 4.79. The van der Waals surface area contributed by atoms with E-state index in [4.69, 9.17) is 0 Å². The van der Waals surface area contributed by atoms with E-state index in [2.05, 4.69) is 27.1 Å². The molecule has 28 heavy (non-hydrogen) atoms. The summed E-state index contributed by atoms with van der Waals surface area (Å²) in [6.07, 6.45) is 4.31. The van der Waals surface area contributed by atoms with Gasteiger partial charge in [-0.2, -0.15) is 8.78 Å². The minimum Gasteiger partial charge on any atom is -0.302 e. The second kappa shape index (κ2) is 8.05. The zero-order valence-corrected chi connectivity index (χ0v) is 16.0. The van der Waals surface area contributed by atoms with Gasteiger partial charge in [-0.15, -0.1) is 10.2 Å². The van der Waals surface area contributed by atoms with E-state index in [1.54, 1.807) is 36.7 Å². The number of aromatic nitrogens is 6. The maximum atomic E-state index is 13.6. The summed E-state index contributed by atoms with van der Waals surface area (Å²) in [5, 5.41) is 9.27. The van der Waals surface area contributed by atoms with Gasteiger partial charge in [0.2, 0.25) is 0 Å². The number of hydrogen-bond donors (Lipinski definition) is 0. The molecule has 0 aliphatic carbocycles. The lowest BCUT2D eigenvalue weighted by molar-refractivity contribution is 0.0722. The van der Waals surface area contributed by atoms with Gasteiger partial charge in [0.25, 0.3) is 0 Å². The molecule has 144 valence electrons. The number of rotatable bonds is 7. The van der Waals surface area contributed by atoms with E-state index in [-0.39, 0.29) is 5.75 Å². The third-order valence-electron chi connectivity index (χ3n) is 4.30. The molecule has 3 heterocycles. The molecule has 0 bridgehead atoms. The van der Waals surface area contributed by atoms with Gasteiger partial charge in [0.05, 0.1) is 16.8 Å². The molecule has 4 aromatic rings. The van der Waals surface area contributed by atoms with Gasteiger partial charge in [-0.25, -0.2) is 4.98 Å². The van der Waals surface area contributed by atoms with Crippen molar-refractivity contribution in [3.8, 4) is 11.4 Å². The summed E-state index contributed by atoms with van der Waals surface area (Å²) in [7, 11) is 0. The van der Waals surface area contributed by atoms with Crippen molar-refractivity contribution in [1.82, 2.24) is 29.3 Å². The van der Waals surface area contributed by atoms with Gasteiger partial charge in [0, 0.05) is 24.5 Å². The molecule has 9 heteroatoms. The van der Waals surface area contributed by atoms with Crippen LogP contribution in [-0.4, -0.2) is 29.3 Å². The second-order valence-electron chi connectivity index (χ2n) is 6.15. The monoisotopic (exact) mass is 400 g/mol. The van der Waals surface area contributed by atoms with Crippen molar-refractivity contribution in [3.05, 3.63) is 54.6 Å². The molecule has 0 saturated heterocycles. The molecular weight excluding hydrogens is 382 g/mol. The Morgan fingerprint density at radius 3 is 2.61 bits per heavy atom. The van der Waals surface area contributed by atoms with Gasteiger partial charge in [0.15, 0.2) is 11.0 Å². The Hall–Kier alpha value is -2.81. The Bertz CT molecular complexity index is 1080. The molecular formula is C19H18F2N6S. The van der Waals surface area contributed by atoms with Crippen LogP contribution >= 0.6 is 11.8 Å². The summed E-state index contributed by atoms with van der Waals surface area (Å²) in [6.45, 7) is 0.156. The van der Waals surface area contributed by atoms with Crippen LogP contribution in [-0.2, 0) is 12.3 Å². The van der Waals surface area contributed by atoms with Crippen LogP contribution in [0.15, 0.2) is 53.9 Å². The number of para-hydroxylation sites is 2. The third-order valence-corrected chi connectivity index (χ3v) is 5.26. The van der Waals surface area contributed by atoms with Crippen LogP contribution in [0.5, 0.6) is 0 Å². The summed E-state index contributed by atoms with van der Waals surface area (Å²) in [5.41, 5.74) is 1.91. The van der Waals surface area contributed by atoms with E-state index in [1.807, 2.05) is 16.7 Å². The number of pyridine rings is 1. The van der Waals surface area contributed by atoms with Crippen molar-refractivity contribution in [2.75, 3.05) is 0 Å². The van der Waals surface area contributed by atoms with E-state index in [9.17, 15) is 8.78 Å². The number of alkyl halides is 2. The van der Waals surface area contributed by atoms with E-state index < -0.39 is 6.55 Å². The molecule has 6 nitrogen and oxygen atoms in total. The lowest BCUT2D eigenvalue weighted by Gasteiger charge is -2.10. The largest absolute Gasteiger partial charge is 0.320 e. The molecule has 0 fully saturated rings. The second-order valence-corrected chi connectivity index (χ2v) is 7.09. The van der Waals surface area contributed by atoms with Crippen molar-refractivity contribution in [2.24, 2.45) is 0 Å². The SMILES string of the molecule is CCCn1c(SCc2nc3ccccc3n2C(F)F)nnc1-c1ccncc1. The van der Waals surface area contributed by atoms with Gasteiger partial charge >= 0.3 is 6.55 Å². The zero-order chi connectivity index (χ0) is 19.5. The van der Waals surface area contributed by atoms with Gasteiger partial charge in [-0.1, -0.05) is 30.8 Å². The van der Waals surface area contributed by atoms with Crippen molar-refractivity contribution >= 4 is 22.8 Å². The molecule has 0 atom stereocenters. The fraction of sp³-hybridized carbons (Fsp3) is 0.263. The summed E-state index contributed by atoms with van der Waals surface area (Å²) >= 11 is 1.36. The molecule has 0 radical (unpaired) electrons. The topological polar surface area (TPSA) is 61.4 Å². The van der Waals surface area contributed by atoms with Crippen LogP contribution in [0.4, 0.5) is 8.78 Å². The van der Waals surface area contributed by atoms with Gasteiger partial charge in [-0.05, 0) is 30.7 Å². The van der Waals surface area contributed by atoms with E-state index in [1.165, 1.54) is 11.8 Å². The number of halogens is 2. The van der Waals surface area contributed by atoms with Crippen LogP contribution < -0.4 is 0 Å². The molecule has 0 saturated carbocycles. The first-order valence-electron chi connectivity index (χ1n) is 8.89. The smallest absolute Gasteiger partial charge is 0.302 e. The lowest BCUT2D eigenvalue weighted by Crippen LogP contribution is -2.05. The first-order chi connectivity index (χ1) is 13.7. The summed E-state index contributed by atoms with van der Waals surface area (Å²) in [4.78, 5) is 8.42. The van der Waals surface area contributed by atoms with Crippen LogP contribution in [0.3, 0.4) is 0 Å². The molecule has 0 unspecified atom stereocenters. The third kappa shape index (κ3) is 3.49. The van der Waals surface area contributed by atoms with Crippen molar-refractivity contribution in [1.29, 1.82) is 0 Å². The molecule has 0 aliphatic rings. The molecule has 0 spiro atoms. The quantitative estimate of drug-likeness (QED) is 0.418. The Labute approximate surface area is 164 Å². The molecule has 0 amide bonds. The van der Waals surface area contributed by atoms with Gasteiger partial charge < -0.3 is 4.57 Å². The highest BCUT2D eigenvalue weighted by molar-refractivity contribution is 7.98. The van der Waals surface area contributed by atoms with E-state index in [0.29, 0.717) is 22.0 Å². The number of imidazole rings is 1. The Kier molecular flexibility index (Phi) is 5.34. The standard InChI is InChI=1S/C19H18F2N6S/c1-2-11-26-17(13-7-9-22-10-8-13)24-25-19(26)28-12-16-23-14-5-3-4-6-15(14)27(16)18(20)21/h3-10,18H,2,11-12H2,1H3. The van der Waals surface area contributed by atoms with Crippen molar-refractivity contribution in [2.45, 2.75) is 37.3 Å². The average Bonchev–Trinajstić information content (AvgIpc) is 3.28. The van der Waals surface area contributed by atoms with Gasteiger partial charge in [-0.3, -0.25) is 9.55 Å². The number of hydrogen-bond acceptors (Lipinski definition) is 5. The number of nitrogens with zero attached hydrogens (tertiary/aromatic N) is 6. The summed E-state index contributed by atoms with van der Waals surface area (Å²) < 4.78 is 30.2. The van der Waals surface area contributed by atoms with Crippen LogP contribution in [0.2, 0.25) is 0 Å². The zero-order valence-electron chi connectivity index (χ0n) is 15.2. The predicted molar refractivity (Wildman–Crippen MR) is 104 cm³/mol. The van der Waals surface area contributed by atoms with Gasteiger partial charge in [0.1, 0.15) is 5.82 Å². The highest BCUT2D eigenvalue weighted by Crippen LogP contribution is 2.29. The Balaban J connectivity index is 1.65. The van der Waals surface area contributed by atoms with E-state index >= 15 is 0 Å². The summed E-state index contributed by atoms with van der Waals surface area (Å²) in [6, 6.07) is 10.7. The first-order valence-corrected chi connectivity index (χ1v) is 9.88.